The number of aliphatic imine (C=N–C) groups is 1. The molecule has 0 aromatic heterocycles. The average molecular weight is 296 g/mol. The van der Waals surface area contributed by atoms with Crippen LogP contribution in [0.5, 0.6) is 0 Å². The Morgan fingerprint density at radius 2 is 2.20 bits per heavy atom. The van der Waals surface area contributed by atoms with Gasteiger partial charge in [0.1, 0.15) is 11.3 Å². The number of hydrogen-bond donors (Lipinski definition) is 1. The molecule has 1 N–H and O–H groups in total. The predicted octanol–water partition coefficient (Wildman–Crippen LogP) is 2.16. The van der Waals surface area contributed by atoms with Gasteiger partial charge in [0.15, 0.2) is 0 Å². The zero-order chi connectivity index (χ0) is 14.1. The topological polar surface area (TPSA) is 53.9 Å². The highest BCUT2D eigenvalue weighted by Crippen LogP contribution is 2.37. The molecule has 0 spiro atoms. The van der Waals surface area contributed by atoms with Crippen LogP contribution in [0.3, 0.4) is 0 Å². The first-order chi connectivity index (χ1) is 9.70. The molecular formula is C14H18ClN3O2. The third kappa shape index (κ3) is 2.30. The van der Waals surface area contributed by atoms with E-state index in [1.807, 2.05) is 18.6 Å². The molecule has 0 aromatic carbocycles. The van der Waals surface area contributed by atoms with Gasteiger partial charge in [-0.25, -0.2) is 0 Å². The van der Waals surface area contributed by atoms with E-state index in [0.717, 1.165) is 31.4 Å². The molecule has 0 saturated heterocycles. The maximum absolute atomic E-state index is 11.6. The van der Waals surface area contributed by atoms with Crippen molar-refractivity contribution in [3.63, 3.8) is 0 Å². The number of ether oxygens (including phenoxy) is 1. The highest BCUT2D eigenvalue weighted by molar-refractivity contribution is 6.31. The van der Waals surface area contributed by atoms with Crippen LogP contribution in [-0.2, 0) is 9.53 Å². The number of methoxy groups -OCH3 is 1. The second-order valence-electron chi connectivity index (χ2n) is 5.39. The van der Waals surface area contributed by atoms with Crippen molar-refractivity contribution in [2.75, 3.05) is 7.11 Å². The van der Waals surface area contributed by atoms with Crippen molar-refractivity contribution >= 4 is 23.8 Å². The summed E-state index contributed by atoms with van der Waals surface area (Å²) in [4.78, 5) is 18.3. The van der Waals surface area contributed by atoms with Crippen LogP contribution in [0.1, 0.15) is 25.7 Å². The van der Waals surface area contributed by atoms with E-state index in [1.54, 1.807) is 0 Å². The van der Waals surface area contributed by atoms with E-state index in [0.29, 0.717) is 11.1 Å². The van der Waals surface area contributed by atoms with Crippen molar-refractivity contribution in [1.29, 1.82) is 0 Å². The molecule has 1 unspecified atom stereocenters. The van der Waals surface area contributed by atoms with Crippen molar-refractivity contribution in [2.45, 2.75) is 31.8 Å². The zero-order valence-corrected chi connectivity index (χ0v) is 12.1. The Morgan fingerprint density at radius 1 is 1.45 bits per heavy atom. The van der Waals surface area contributed by atoms with Gasteiger partial charge >= 0.3 is 5.97 Å². The van der Waals surface area contributed by atoms with Crippen molar-refractivity contribution in [3.8, 4) is 0 Å². The van der Waals surface area contributed by atoms with Gasteiger partial charge in [0, 0.05) is 18.3 Å². The number of nitrogens with zero attached hydrogens (tertiary/aromatic N) is 2. The molecule has 0 aromatic rings. The monoisotopic (exact) mass is 295 g/mol. The van der Waals surface area contributed by atoms with E-state index in [9.17, 15) is 4.79 Å². The lowest BCUT2D eigenvalue weighted by Gasteiger charge is -2.35. The fourth-order valence-electron chi connectivity index (χ4n) is 3.20. The summed E-state index contributed by atoms with van der Waals surface area (Å²) in [5.74, 6) is 0.430. The van der Waals surface area contributed by atoms with Crippen LogP contribution < -0.4 is 5.32 Å². The van der Waals surface area contributed by atoms with Crippen LogP contribution in [0.25, 0.3) is 0 Å². The second kappa shape index (κ2) is 5.48. The molecule has 3 aliphatic rings. The van der Waals surface area contributed by atoms with Crippen LogP contribution >= 0.6 is 11.6 Å². The lowest BCUT2D eigenvalue weighted by molar-refractivity contribution is -0.146. The van der Waals surface area contributed by atoms with Gasteiger partial charge in [0.2, 0.25) is 0 Å². The summed E-state index contributed by atoms with van der Waals surface area (Å²) in [5, 5.41) is 3.59. The fraction of sp³-hybridized carbons (Fsp3) is 0.571. The molecule has 2 aliphatic heterocycles. The first-order valence-corrected chi connectivity index (χ1v) is 7.31. The van der Waals surface area contributed by atoms with Crippen LogP contribution in [0, 0.1) is 11.8 Å². The lowest BCUT2D eigenvalue weighted by Crippen LogP contribution is -2.37. The molecule has 20 heavy (non-hydrogen) atoms. The third-order valence-corrected chi connectivity index (χ3v) is 4.61. The number of rotatable bonds is 2. The molecule has 5 nitrogen and oxygen atoms in total. The molecule has 2 heterocycles. The van der Waals surface area contributed by atoms with Crippen molar-refractivity contribution in [2.24, 2.45) is 16.8 Å². The zero-order valence-electron chi connectivity index (χ0n) is 11.4. The SMILES string of the molecule is COC(=O)C1CCC(C2N=CC3=C(Cl)NC=CN32)CC1. The van der Waals surface area contributed by atoms with Crippen LogP contribution in [0.15, 0.2) is 28.2 Å². The van der Waals surface area contributed by atoms with Crippen LogP contribution in [0.4, 0.5) is 0 Å². The predicted molar refractivity (Wildman–Crippen MR) is 76.7 cm³/mol. The van der Waals surface area contributed by atoms with E-state index in [4.69, 9.17) is 16.3 Å². The number of hydrogen-bond acceptors (Lipinski definition) is 5. The van der Waals surface area contributed by atoms with E-state index >= 15 is 0 Å². The number of fused-ring (bicyclic) bond motifs is 1. The fourth-order valence-corrected chi connectivity index (χ4v) is 3.41. The molecule has 3 rings (SSSR count). The normalized spacial score (nSPS) is 32.1. The summed E-state index contributed by atoms with van der Waals surface area (Å²) in [6.45, 7) is 0. The lowest BCUT2D eigenvalue weighted by atomic mass is 9.80. The molecule has 0 radical (unpaired) electrons. The maximum Gasteiger partial charge on any atom is 0.308 e. The minimum absolute atomic E-state index is 0.0544. The summed E-state index contributed by atoms with van der Waals surface area (Å²) in [6.07, 6.45) is 9.48. The van der Waals surface area contributed by atoms with Crippen molar-refractivity contribution in [1.82, 2.24) is 10.2 Å². The highest BCUT2D eigenvalue weighted by atomic mass is 35.5. The summed E-state index contributed by atoms with van der Waals surface area (Å²) < 4.78 is 4.83. The minimum atomic E-state index is -0.0796. The Kier molecular flexibility index (Phi) is 3.70. The van der Waals surface area contributed by atoms with Gasteiger partial charge in [-0.2, -0.15) is 0 Å². The number of allylic oxidation sites excluding steroid dienone is 1. The molecule has 0 bridgehead atoms. The van der Waals surface area contributed by atoms with E-state index < -0.39 is 0 Å². The van der Waals surface area contributed by atoms with Gasteiger partial charge in [-0.05, 0) is 25.7 Å². The number of carbonyl (C=O) groups excluding carboxylic acids is 1. The molecule has 1 saturated carbocycles. The van der Waals surface area contributed by atoms with Crippen LogP contribution in [0.2, 0.25) is 0 Å². The molecule has 1 aliphatic carbocycles. The molecular weight excluding hydrogens is 278 g/mol. The first kappa shape index (κ1) is 13.5. The van der Waals surface area contributed by atoms with E-state index in [-0.39, 0.29) is 18.1 Å². The summed E-state index contributed by atoms with van der Waals surface area (Å²) in [7, 11) is 1.46. The molecule has 6 heteroatoms. The van der Waals surface area contributed by atoms with Crippen molar-refractivity contribution < 1.29 is 9.53 Å². The number of nitrogens with one attached hydrogen (secondary N) is 1. The Balaban J connectivity index is 1.65. The average Bonchev–Trinajstić information content (AvgIpc) is 2.92. The van der Waals surface area contributed by atoms with Gasteiger partial charge in [-0.3, -0.25) is 9.79 Å². The van der Waals surface area contributed by atoms with E-state index in [1.165, 1.54) is 7.11 Å². The Bertz CT molecular complexity index is 493. The van der Waals surface area contributed by atoms with Gasteiger partial charge in [-0.1, -0.05) is 11.6 Å². The first-order valence-electron chi connectivity index (χ1n) is 6.93. The van der Waals surface area contributed by atoms with Gasteiger partial charge in [0.25, 0.3) is 0 Å². The maximum atomic E-state index is 11.6. The second-order valence-corrected chi connectivity index (χ2v) is 5.77. The van der Waals surface area contributed by atoms with Gasteiger partial charge in [-0.15, -0.1) is 0 Å². The van der Waals surface area contributed by atoms with E-state index in [2.05, 4.69) is 15.2 Å². The number of esters is 1. The standard InChI is InChI=1S/C14H18ClN3O2/c1-20-14(19)10-4-2-9(3-5-10)13-17-8-11-12(15)16-6-7-18(11)13/h6-10,13,16H,2-5H2,1H3. The molecule has 1 fully saturated rings. The van der Waals surface area contributed by atoms with Gasteiger partial charge in [0.05, 0.1) is 24.9 Å². The van der Waals surface area contributed by atoms with Crippen LogP contribution in [-0.4, -0.2) is 30.4 Å². The largest absolute Gasteiger partial charge is 0.469 e. The molecule has 0 amide bonds. The number of carbonyl (C=O) groups is 1. The number of halogens is 1. The molecule has 1 atom stereocenters. The Labute approximate surface area is 123 Å². The quantitative estimate of drug-likeness (QED) is 0.626. The van der Waals surface area contributed by atoms with Crippen molar-refractivity contribution in [3.05, 3.63) is 23.3 Å². The Hall–Kier alpha value is -1.49. The summed E-state index contributed by atoms with van der Waals surface area (Å²) in [5.41, 5.74) is 0.925. The smallest absolute Gasteiger partial charge is 0.308 e. The summed E-state index contributed by atoms with van der Waals surface area (Å²) >= 11 is 6.13. The van der Waals surface area contributed by atoms with Gasteiger partial charge < -0.3 is 15.0 Å². The third-order valence-electron chi connectivity index (χ3n) is 4.31. The summed E-state index contributed by atoms with van der Waals surface area (Å²) in [6, 6.07) is 0. The Morgan fingerprint density at radius 3 is 2.90 bits per heavy atom. The minimum Gasteiger partial charge on any atom is -0.469 e. The highest BCUT2D eigenvalue weighted by Gasteiger charge is 2.36. The molecule has 108 valence electrons.